The summed E-state index contributed by atoms with van der Waals surface area (Å²) in [5, 5.41) is 3.61. The minimum atomic E-state index is -0.394. The smallest absolute Gasteiger partial charge is 0.322 e. The fourth-order valence-corrected chi connectivity index (χ4v) is 5.28. The van der Waals surface area contributed by atoms with E-state index in [9.17, 15) is 9.59 Å². The van der Waals surface area contributed by atoms with E-state index in [0.29, 0.717) is 22.3 Å². The van der Waals surface area contributed by atoms with Crippen molar-refractivity contribution in [3.05, 3.63) is 106 Å². The third kappa shape index (κ3) is 5.53. The number of benzene rings is 3. The molecular weight excluding hydrogens is 547 g/mol. The molecule has 0 aliphatic carbocycles. The van der Waals surface area contributed by atoms with E-state index in [1.54, 1.807) is 35.1 Å². The topological polar surface area (TPSA) is 66.8 Å². The van der Waals surface area contributed by atoms with Crippen LogP contribution in [0.5, 0.6) is 5.75 Å². The normalized spacial score (nSPS) is 13.8. The molecule has 1 N–H and O–H groups in total. The van der Waals surface area contributed by atoms with Crippen LogP contribution >= 0.6 is 23.2 Å². The van der Waals surface area contributed by atoms with Gasteiger partial charge in [0.05, 0.1) is 34.2 Å². The molecule has 3 amide bonds. The number of halogens is 2. The van der Waals surface area contributed by atoms with E-state index in [4.69, 9.17) is 27.9 Å². The van der Waals surface area contributed by atoms with E-state index >= 15 is 0 Å². The van der Waals surface area contributed by atoms with Gasteiger partial charge in [0, 0.05) is 18.4 Å². The molecule has 1 aliphatic heterocycles. The van der Waals surface area contributed by atoms with Crippen LogP contribution in [0.1, 0.15) is 37.1 Å². The number of methoxy groups -OCH3 is 1. The zero-order valence-corrected chi connectivity index (χ0v) is 23.8. The summed E-state index contributed by atoms with van der Waals surface area (Å²) in [6.45, 7) is 2.37. The lowest BCUT2D eigenvalue weighted by atomic mass is 9.97. The van der Waals surface area contributed by atoms with E-state index in [0.717, 1.165) is 41.2 Å². The molecule has 1 atom stereocenters. The number of hydrogen-bond donors (Lipinski definition) is 1. The number of hydrogen-bond acceptors (Lipinski definition) is 3. The number of nitrogens with zero attached hydrogens (tertiary/aromatic N) is 3. The van der Waals surface area contributed by atoms with Crippen molar-refractivity contribution >= 4 is 46.5 Å². The fourth-order valence-electron chi connectivity index (χ4n) is 4.98. The molecule has 40 heavy (non-hydrogen) atoms. The molecule has 4 aromatic rings. The van der Waals surface area contributed by atoms with E-state index in [-0.39, 0.29) is 18.5 Å². The molecule has 1 unspecified atom stereocenters. The van der Waals surface area contributed by atoms with Crippen LogP contribution in [-0.2, 0) is 4.79 Å². The van der Waals surface area contributed by atoms with E-state index in [2.05, 4.69) is 9.88 Å². The van der Waals surface area contributed by atoms with Gasteiger partial charge in [-0.05, 0) is 66.6 Å². The first-order chi connectivity index (χ1) is 19.4. The van der Waals surface area contributed by atoms with Gasteiger partial charge in [0.2, 0.25) is 5.91 Å². The van der Waals surface area contributed by atoms with Crippen LogP contribution < -0.4 is 15.0 Å². The Balaban J connectivity index is 1.49. The number of carbonyl (C=O) groups excluding carboxylic acids is 2. The first-order valence-electron chi connectivity index (χ1n) is 13.1. The lowest BCUT2D eigenvalue weighted by Gasteiger charge is -2.39. The van der Waals surface area contributed by atoms with Gasteiger partial charge in [-0.3, -0.25) is 9.69 Å². The van der Waals surface area contributed by atoms with E-state index in [1.807, 2.05) is 73.8 Å². The minimum absolute atomic E-state index is 0.102. The monoisotopic (exact) mass is 576 g/mol. The van der Waals surface area contributed by atoms with Crippen molar-refractivity contribution in [3.8, 4) is 11.4 Å². The van der Waals surface area contributed by atoms with Crippen LogP contribution in [-0.4, -0.2) is 41.6 Å². The van der Waals surface area contributed by atoms with Gasteiger partial charge in [-0.1, -0.05) is 60.8 Å². The molecule has 5 rings (SSSR count). The summed E-state index contributed by atoms with van der Waals surface area (Å²) >= 11 is 12.2. The standard InChI is InChI=1S/C31H30Cl2N4O3/c1-3-4-17-35(31(39)34-22-13-16-24(32)25(33)19-22)20-29(38)37-27-9-6-5-8-26(27)36-18-7-10-28(36)30(37)21-11-14-23(40-2)15-12-21/h5-16,18-19,30H,3-4,17,20H2,1-2H3,(H,34,39). The number of unbranched alkanes of at least 4 members (excludes halogenated alkanes) is 1. The lowest BCUT2D eigenvalue weighted by Crippen LogP contribution is -2.48. The quantitative estimate of drug-likeness (QED) is 0.235. The van der Waals surface area contributed by atoms with Gasteiger partial charge in [-0.25, -0.2) is 4.79 Å². The van der Waals surface area contributed by atoms with E-state index < -0.39 is 6.04 Å². The van der Waals surface area contributed by atoms with Crippen molar-refractivity contribution in [2.75, 3.05) is 30.4 Å². The van der Waals surface area contributed by atoms with Gasteiger partial charge < -0.3 is 19.5 Å². The number of aromatic nitrogens is 1. The van der Waals surface area contributed by atoms with Crippen molar-refractivity contribution in [2.24, 2.45) is 0 Å². The Morgan fingerprint density at radius 2 is 1.70 bits per heavy atom. The Labute approximate surface area is 243 Å². The number of carbonyl (C=O) groups is 2. The Hall–Kier alpha value is -3.94. The van der Waals surface area contributed by atoms with Crippen molar-refractivity contribution in [2.45, 2.75) is 25.8 Å². The molecule has 0 fully saturated rings. The average molecular weight is 578 g/mol. The van der Waals surface area contributed by atoms with Crippen LogP contribution in [0, 0.1) is 0 Å². The number of rotatable bonds is 8. The second-order valence-corrected chi connectivity index (χ2v) is 10.4. The summed E-state index contributed by atoms with van der Waals surface area (Å²) < 4.78 is 7.48. The van der Waals surface area contributed by atoms with Gasteiger partial charge >= 0.3 is 6.03 Å². The number of ether oxygens (including phenoxy) is 1. The van der Waals surface area contributed by atoms with Gasteiger partial charge in [0.15, 0.2) is 0 Å². The molecule has 1 aliphatic rings. The van der Waals surface area contributed by atoms with Crippen molar-refractivity contribution in [1.29, 1.82) is 0 Å². The average Bonchev–Trinajstić information content (AvgIpc) is 3.46. The molecule has 206 valence electrons. The van der Waals surface area contributed by atoms with Crippen LogP contribution in [0.3, 0.4) is 0 Å². The SMILES string of the molecule is CCCCN(CC(=O)N1c2ccccc2-n2cccc2C1c1ccc(OC)cc1)C(=O)Nc1ccc(Cl)c(Cl)c1. The maximum atomic E-state index is 14.3. The molecule has 0 saturated heterocycles. The Kier molecular flexibility index (Phi) is 8.33. The highest BCUT2D eigenvalue weighted by Crippen LogP contribution is 2.42. The Morgan fingerprint density at radius 1 is 0.950 bits per heavy atom. The largest absolute Gasteiger partial charge is 0.497 e. The predicted molar refractivity (Wildman–Crippen MR) is 160 cm³/mol. The molecular formula is C31H30Cl2N4O3. The van der Waals surface area contributed by atoms with Crippen molar-refractivity contribution < 1.29 is 14.3 Å². The third-order valence-electron chi connectivity index (χ3n) is 6.99. The van der Waals surface area contributed by atoms with Crippen LogP contribution in [0.25, 0.3) is 5.69 Å². The molecule has 0 spiro atoms. The van der Waals surface area contributed by atoms with Gasteiger partial charge in [0.25, 0.3) is 0 Å². The number of urea groups is 1. The van der Waals surface area contributed by atoms with Crippen LogP contribution in [0.4, 0.5) is 16.2 Å². The molecule has 2 heterocycles. The Morgan fingerprint density at radius 3 is 2.40 bits per heavy atom. The molecule has 9 heteroatoms. The van der Waals surface area contributed by atoms with Gasteiger partial charge in [-0.2, -0.15) is 0 Å². The zero-order valence-electron chi connectivity index (χ0n) is 22.3. The summed E-state index contributed by atoms with van der Waals surface area (Å²) in [4.78, 5) is 31.0. The summed E-state index contributed by atoms with van der Waals surface area (Å²) in [6, 6.07) is 23.7. The number of anilines is 2. The second-order valence-electron chi connectivity index (χ2n) is 9.57. The highest BCUT2D eigenvalue weighted by atomic mass is 35.5. The Bertz CT molecular complexity index is 1520. The maximum Gasteiger partial charge on any atom is 0.322 e. The highest BCUT2D eigenvalue weighted by molar-refractivity contribution is 6.42. The first kappa shape index (κ1) is 27.6. The van der Waals surface area contributed by atoms with Gasteiger partial charge in [-0.15, -0.1) is 0 Å². The van der Waals surface area contributed by atoms with Crippen LogP contribution in [0.15, 0.2) is 85.1 Å². The zero-order chi connectivity index (χ0) is 28.2. The highest BCUT2D eigenvalue weighted by Gasteiger charge is 2.37. The van der Waals surface area contributed by atoms with Crippen molar-refractivity contribution in [3.63, 3.8) is 0 Å². The fraction of sp³-hybridized carbons (Fsp3) is 0.226. The summed E-state index contributed by atoms with van der Waals surface area (Å²) in [5.74, 6) is 0.541. The summed E-state index contributed by atoms with van der Waals surface area (Å²) in [5.41, 5.74) is 4.07. The maximum absolute atomic E-state index is 14.3. The number of fused-ring (bicyclic) bond motifs is 3. The molecule has 0 bridgehead atoms. The molecule has 1 aromatic heterocycles. The third-order valence-corrected chi connectivity index (χ3v) is 7.72. The second kappa shape index (κ2) is 12.1. The molecule has 0 radical (unpaired) electrons. The molecule has 0 saturated carbocycles. The molecule has 7 nitrogen and oxygen atoms in total. The lowest BCUT2D eigenvalue weighted by molar-refractivity contribution is -0.119. The predicted octanol–water partition coefficient (Wildman–Crippen LogP) is 7.56. The number of amides is 3. The van der Waals surface area contributed by atoms with Crippen molar-refractivity contribution in [1.82, 2.24) is 9.47 Å². The van der Waals surface area contributed by atoms with Gasteiger partial charge in [0.1, 0.15) is 18.3 Å². The number of para-hydroxylation sites is 2. The number of nitrogens with one attached hydrogen (secondary N) is 1. The van der Waals surface area contributed by atoms with E-state index in [1.165, 1.54) is 0 Å². The minimum Gasteiger partial charge on any atom is -0.497 e. The molecule has 3 aromatic carbocycles. The summed E-state index contributed by atoms with van der Waals surface area (Å²) in [7, 11) is 1.63. The first-order valence-corrected chi connectivity index (χ1v) is 13.9. The summed E-state index contributed by atoms with van der Waals surface area (Å²) in [6.07, 6.45) is 3.63. The van der Waals surface area contributed by atoms with Crippen LogP contribution in [0.2, 0.25) is 10.0 Å².